The Morgan fingerprint density at radius 2 is 2.05 bits per heavy atom. The van der Waals surface area contributed by atoms with Gasteiger partial charge >= 0.3 is 5.97 Å². The zero-order valence-electron chi connectivity index (χ0n) is 11.6. The fraction of sp³-hybridized carbons (Fsp3) is 0.533. The van der Waals surface area contributed by atoms with Crippen LogP contribution in [0.2, 0.25) is 0 Å². The maximum atomic E-state index is 10.9. The number of thioether (sulfide) groups is 1. The maximum Gasteiger partial charge on any atom is 0.304 e. The van der Waals surface area contributed by atoms with Gasteiger partial charge in [-0.2, -0.15) is 11.8 Å². The van der Waals surface area contributed by atoms with Gasteiger partial charge in [0.15, 0.2) is 0 Å². The Hall–Kier alpha value is -1.00. The minimum atomic E-state index is -0.696. The predicted molar refractivity (Wildman–Crippen MR) is 79.7 cm³/mol. The number of hydrogen-bond donors (Lipinski definition) is 1. The van der Waals surface area contributed by atoms with E-state index in [9.17, 15) is 4.79 Å². The summed E-state index contributed by atoms with van der Waals surface area (Å²) in [5, 5.41) is 9.00. The molecule has 1 saturated heterocycles. The Labute approximate surface area is 119 Å². The highest BCUT2D eigenvalue weighted by Crippen LogP contribution is 2.22. The van der Waals surface area contributed by atoms with Crippen LogP contribution in [0.25, 0.3) is 0 Å². The van der Waals surface area contributed by atoms with E-state index in [1.54, 1.807) is 0 Å². The van der Waals surface area contributed by atoms with E-state index in [1.807, 2.05) is 11.8 Å². The Bertz CT molecular complexity index is 441. The van der Waals surface area contributed by atoms with Gasteiger partial charge in [-0.3, -0.25) is 9.69 Å². The van der Waals surface area contributed by atoms with Gasteiger partial charge < -0.3 is 5.11 Å². The molecule has 0 amide bonds. The summed E-state index contributed by atoms with van der Waals surface area (Å²) >= 11 is 1.86. The number of carboxylic acids is 1. The average Bonchev–Trinajstić information content (AvgIpc) is 2.29. The standard InChI is InChI=1S/C15H21NO2S/c1-11-5-12(2)7-13(6-11)9-16-3-4-19-10-14(16)8-15(17)18/h5-7,14H,3-4,8-10H2,1-2H3,(H,17,18). The van der Waals surface area contributed by atoms with Gasteiger partial charge in [-0.15, -0.1) is 0 Å². The lowest BCUT2D eigenvalue weighted by Gasteiger charge is -2.34. The molecular weight excluding hydrogens is 258 g/mol. The van der Waals surface area contributed by atoms with Crippen molar-refractivity contribution in [2.24, 2.45) is 0 Å². The van der Waals surface area contributed by atoms with Gasteiger partial charge in [0.2, 0.25) is 0 Å². The average molecular weight is 279 g/mol. The molecule has 3 nitrogen and oxygen atoms in total. The molecule has 1 atom stereocenters. The van der Waals surface area contributed by atoms with E-state index in [0.717, 1.165) is 24.6 Å². The van der Waals surface area contributed by atoms with Crippen LogP contribution in [0.1, 0.15) is 23.1 Å². The van der Waals surface area contributed by atoms with Crippen molar-refractivity contribution in [3.8, 4) is 0 Å². The molecule has 104 valence electrons. The number of carboxylic acid groups (broad SMARTS) is 1. The molecule has 2 rings (SSSR count). The summed E-state index contributed by atoms with van der Waals surface area (Å²) in [6.45, 7) is 6.06. The Kier molecular flexibility index (Phi) is 4.88. The van der Waals surface area contributed by atoms with Gasteiger partial charge in [0.05, 0.1) is 6.42 Å². The van der Waals surface area contributed by atoms with Crippen molar-refractivity contribution in [3.63, 3.8) is 0 Å². The molecule has 1 aliphatic heterocycles. The molecule has 0 aromatic heterocycles. The van der Waals surface area contributed by atoms with Crippen molar-refractivity contribution in [3.05, 3.63) is 34.9 Å². The van der Waals surface area contributed by atoms with E-state index < -0.39 is 5.97 Å². The van der Waals surface area contributed by atoms with E-state index in [0.29, 0.717) is 0 Å². The zero-order valence-corrected chi connectivity index (χ0v) is 12.4. The Morgan fingerprint density at radius 3 is 2.68 bits per heavy atom. The summed E-state index contributed by atoms with van der Waals surface area (Å²) in [6, 6.07) is 6.74. The molecule has 0 saturated carbocycles. The number of aliphatic carboxylic acids is 1. The molecule has 1 unspecified atom stereocenters. The maximum absolute atomic E-state index is 10.9. The normalized spacial score (nSPS) is 20.4. The SMILES string of the molecule is Cc1cc(C)cc(CN2CCSCC2CC(=O)O)c1. The summed E-state index contributed by atoms with van der Waals surface area (Å²) in [7, 11) is 0. The third-order valence-corrected chi connectivity index (χ3v) is 4.52. The second-order valence-electron chi connectivity index (χ2n) is 5.29. The first-order valence-electron chi connectivity index (χ1n) is 6.65. The number of benzene rings is 1. The van der Waals surface area contributed by atoms with Crippen LogP contribution in [-0.4, -0.2) is 40.1 Å². The Morgan fingerprint density at radius 1 is 1.37 bits per heavy atom. The second-order valence-corrected chi connectivity index (χ2v) is 6.44. The molecule has 1 aliphatic rings. The molecule has 19 heavy (non-hydrogen) atoms. The first-order chi connectivity index (χ1) is 9.04. The van der Waals surface area contributed by atoms with Crippen LogP contribution < -0.4 is 0 Å². The fourth-order valence-corrected chi connectivity index (χ4v) is 3.81. The lowest BCUT2D eigenvalue weighted by Crippen LogP contribution is -2.42. The molecule has 0 bridgehead atoms. The quantitative estimate of drug-likeness (QED) is 0.920. The molecule has 0 radical (unpaired) electrons. The molecule has 4 heteroatoms. The summed E-state index contributed by atoms with van der Waals surface area (Å²) in [4.78, 5) is 13.3. The summed E-state index contributed by atoms with van der Waals surface area (Å²) in [6.07, 6.45) is 0.248. The summed E-state index contributed by atoms with van der Waals surface area (Å²) < 4.78 is 0. The van der Waals surface area contributed by atoms with Crippen molar-refractivity contribution >= 4 is 17.7 Å². The predicted octanol–water partition coefficient (Wildman–Crippen LogP) is 2.70. The highest BCUT2D eigenvalue weighted by atomic mass is 32.2. The van der Waals surface area contributed by atoms with E-state index in [-0.39, 0.29) is 12.5 Å². The highest BCUT2D eigenvalue weighted by molar-refractivity contribution is 7.99. The van der Waals surface area contributed by atoms with Gasteiger partial charge in [-0.1, -0.05) is 29.3 Å². The van der Waals surface area contributed by atoms with Gasteiger partial charge in [0.25, 0.3) is 0 Å². The fourth-order valence-electron chi connectivity index (χ4n) is 2.68. The molecule has 1 fully saturated rings. The van der Waals surface area contributed by atoms with Crippen LogP contribution in [0.5, 0.6) is 0 Å². The van der Waals surface area contributed by atoms with Crippen LogP contribution in [0.4, 0.5) is 0 Å². The largest absolute Gasteiger partial charge is 0.481 e. The number of nitrogens with zero attached hydrogens (tertiary/aromatic N) is 1. The molecule has 0 spiro atoms. The minimum Gasteiger partial charge on any atom is -0.481 e. The van der Waals surface area contributed by atoms with Gasteiger partial charge in [-0.25, -0.2) is 0 Å². The van der Waals surface area contributed by atoms with Crippen molar-refractivity contribution in [2.75, 3.05) is 18.1 Å². The van der Waals surface area contributed by atoms with Crippen molar-refractivity contribution in [2.45, 2.75) is 32.9 Å². The lowest BCUT2D eigenvalue weighted by molar-refractivity contribution is -0.138. The van der Waals surface area contributed by atoms with E-state index in [1.165, 1.54) is 16.7 Å². The molecule has 1 aromatic carbocycles. The third kappa shape index (κ3) is 4.25. The van der Waals surface area contributed by atoms with E-state index in [4.69, 9.17) is 5.11 Å². The smallest absolute Gasteiger partial charge is 0.304 e. The van der Waals surface area contributed by atoms with Crippen molar-refractivity contribution < 1.29 is 9.90 Å². The molecular formula is C15H21NO2S. The number of carbonyl (C=O) groups is 1. The van der Waals surface area contributed by atoms with Crippen LogP contribution in [0.3, 0.4) is 0 Å². The van der Waals surface area contributed by atoms with Gasteiger partial charge in [0.1, 0.15) is 0 Å². The minimum absolute atomic E-state index is 0.164. The molecule has 1 N–H and O–H groups in total. The third-order valence-electron chi connectivity index (χ3n) is 3.43. The topological polar surface area (TPSA) is 40.5 Å². The molecule has 0 aliphatic carbocycles. The van der Waals surface area contributed by atoms with Crippen molar-refractivity contribution in [1.29, 1.82) is 0 Å². The van der Waals surface area contributed by atoms with Gasteiger partial charge in [-0.05, 0) is 19.4 Å². The van der Waals surface area contributed by atoms with Crippen molar-refractivity contribution in [1.82, 2.24) is 4.90 Å². The summed E-state index contributed by atoms with van der Waals surface area (Å²) in [5.74, 6) is 1.33. The molecule has 1 aromatic rings. The lowest BCUT2D eigenvalue weighted by atomic mass is 10.1. The number of aryl methyl sites for hydroxylation is 2. The van der Waals surface area contributed by atoms with Crippen LogP contribution in [0.15, 0.2) is 18.2 Å². The van der Waals surface area contributed by atoms with Crippen LogP contribution in [0, 0.1) is 13.8 Å². The second kappa shape index (κ2) is 6.44. The first kappa shape index (κ1) is 14.4. The monoisotopic (exact) mass is 279 g/mol. The van der Waals surface area contributed by atoms with Crippen LogP contribution in [-0.2, 0) is 11.3 Å². The highest BCUT2D eigenvalue weighted by Gasteiger charge is 2.24. The number of rotatable bonds is 4. The molecule has 1 heterocycles. The first-order valence-corrected chi connectivity index (χ1v) is 7.81. The van der Waals surface area contributed by atoms with E-state index in [2.05, 4.69) is 36.9 Å². The number of hydrogen-bond acceptors (Lipinski definition) is 3. The Balaban J connectivity index is 2.08. The summed E-state index contributed by atoms with van der Waals surface area (Å²) in [5.41, 5.74) is 3.84. The van der Waals surface area contributed by atoms with Crippen LogP contribution >= 0.6 is 11.8 Å². The van der Waals surface area contributed by atoms with E-state index >= 15 is 0 Å². The zero-order chi connectivity index (χ0) is 13.8. The van der Waals surface area contributed by atoms with Gasteiger partial charge in [0, 0.05) is 30.6 Å².